The van der Waals surface area contributed by atoms with Crippen molar-refractivity contribution >= 4 is 17.3 Å². The highest BCUT2D eigenvalue weighted by Crippen LogP contribution is 2.26. The van der Waals surface area contributed by atoms with Gasteiger partial charge in [0, 0.05) is 16.8 Å². The van der Waals surface area contributed by atoms with Gasteiger partial charge < -0.3 is 10.1 Å². The molecule has 0 amide bonds. The van der Waals surface area contributed by atoms with Crippen LogP contribution in [0.1, 0.15) is 31.0 Å². The van der Waals surface area contributed by atoms with Crippen molar-refractivity contribution in [1.29, 1.82) is 0 Å². The molecular formula is C17H20ClNO. The van der Waals surface area contributed by atoms with Crippen LogP contribution in [0.3, 0.4) is 0 Å². The van der Waals surface area contributed by atoms with E-state index in [2.05, 4.69) is 31.3 Å². The lowest BCUT2D eigenvalue weighted by Crippen LogP contribution is -2.07. The summed E-state index contributed by atoms with van der Waals surface area (Å²) in [5.41, 5.74) is 3.51. The summed E-state index contributed by atoms with van der Waals surface area (Å²) < 4.78 is 5.50. The van der Waals surface area contributed by atoms with E-state index in [9.17, 15) is 0 Å². The van der Waals surface area contributed by atoms with Gasteiger partial charge in [0.2, 0.25) is 0 Å². The second-order valence-electron chi connectivity index (χ2n) is 4.83. The van der Waals surface area contributed by atoms with Gasteiger partial charge in [0.15, 0.2) is 0 Å². The average Bonchev–Trinajstić information content (AvgIpc) is 2.43. The first-order valence-corrected chi connectivity index (χ1v) is 7.23. The lowest BCUT2D eigenvalue weighted by atomic mass is 10.1. The Morgan fingerprint density at radius 3 is 2.45 bits per heavy atom. The Balaban J connectivity index is 2.11. The molecule has 1 N–H and O–H groups in total. The van der Waals surface area contributed by atoms with Crippen LogP contribution in [0.15, 0.2) is 42.5 Å². The molecule has 2 rings (SSSR count). The van der Waals surface area contributed by atoms with Gasteiger partial charge in [-0.05, 0) is 62.2 Å². The summed E-state index contributed by atoms with van der Waals surface area (Å²) >= 11 is 5.91. The summed E-state index contributed by atoms with van der Waals surface area (Å²) in [5.74, 6) is 0.912. The highest BCUT2D eigenvalue weighted by Gasteiger charge is 2.07. The van der Waals surface area contributed by atoms with E-state index >= 15 is 0 Å². The molecule has 0 fully saturated rings. The molecule has 0 radical (unpaired) electrons. The maximum Gasteiger partial charge on any atom is 0.119 e. The molecule has 1 atom stereocenters. The lowest BCUT2D eigenvalue weighted by Gasteiger charge is -2.18. The van der Waals surface area contributed by atoms with Crippen molar-refractivity contribution in [2.45, 2.75) is 26.8 Å². The van der Waals surface area contributed by atoms with Crippen molar-refractivity contribution < 1.29 is 4.74 Å². The van der Waals surface area contributed by atoms with E-state index in [1.54, 1.807) is 0 Å². The molecule has 0 heterocycles. The fraction of sp³-hybridized carbons (Fsp3) is 0.294. The summed E-state index contributed by atoms with van der Waals surface area (Å²) in [7, 11) is 0. The van der Waals surface area contributed by atoms with Crippen LogP contribution in [0.5, 0.6) is 5.75 Å². The molecule has 0 bridgehead atoms. The van der Waals surface area contributed by atoms with E-state index < -0.39 is 0 Å². The molecule has 0 saturated carbocycles. The number of hydrogen-bond donors (Lipinski definition) is 1. The predicted molar refractivity (Wildman–Crippen MR) is 85.8 cm³/mol. The topological polar surface area (TPSA) is 21.3 Å². The molecule has 3 heteroatoms. The summed E-state index contributed by atoms with van der Waals surface area (Å²) in [6, 6.07) is 14.3. The summed E-state index contributed by atoms with van der Waals surface area (Å²) in [6.07, 6.45) is 0. The van der Waals surface area contributed by atoms with Gasteiger partial charge >= 0.3 is 0 Å². The highest BCUT2D eigenvalue weighted by atomic mass is 35.5. The van der Waals surface area contributed by atoms with Crippen molar-refractivity contribution in [3.05, 3.63) is 58.6 Å². The van der Waals surface area contributed by atoms with Crippen molar-refractivity contribution in [2.75, 3.05) is 11.9 Å². The molecular weight excluding hydrogens is 270 g/mol. The maximum atomic E-state index is 5.91. The Morgan fingerprint density at radius 1 is 1.15 bits per heavy atom. The molecule has 1 unspecified atom stereocenters. The Labute approximate surface area is 125 Å². The minimum absolute atomic E-state index is 0.226. The molecule has 0 spiro atoms. The molecule has 0 saturated heterocycles. The Bertz CT molecular complexity index is 566. The Kier molecular flexibility index (Phi) is 4.91. The van der Waals surface area contributed by atoms with Gasteiger partial charge in [-0.1, -0.05) is 23.7 Å². The van der Waals surface area contributed by atoms with Crippen LogP contribution in [-0.4, -0.2) is 6.61 Å². The van der Waals surface area contributed by atoms with E-state index in [0.717, 1.165) is 16.5 Å². The average molecular weight is 290 g/mol. The molecule has 0 aromatic heterocycles. The van der Waals surface area contributed by atoms with E-state index in [4.69, 9.17) is 16.3 Å². The van der Waals surface area contributed by atoms with E-state index in [-0.39, 0.29) is 6.04 Å². The smallest absolute Gasteiger partial charge is 0.119 e. The fourth-order valence-corrected chi connectivity index (χ4v) is 2.25. The van der Waals surface area contributed by atoms with Gasteiger partial charge in [-0.2, -0.15) is 0 Å². The third kappa shape index (κ3) is 3.67. The molecule has 106 valence electrons. The van der Waals surface area contributed by atoms with Crippen LogP contribution in [0, 0.1) is 6.92 Å². The van der Waals surface area contributed by atoms with Crippen molar-refractivity contribution in [3.63, 3.8) is 0 Å². The molecule has 20 heavy (non-hydrogen) atoms. The Morgan fingerprint density at radius 2 is 1.85 bits per heavy atom. The molecule has 2 nitrogen and oxygen atoms in total. The van der Waals surface area contributed by atoms with Crippen LogP contribution in [0.25, 0.3) is 0 Å². The minimum Gasteiger partial charge on any atom is -0.494 e. The van der Waals surface area contributed by atoms with E-state index in [1.165, 1.54) is 11.1 Å². The van der Waals surface area contributed by atoms with Gasteiger partial charge in [0.1, 0.15) is 5.75 Å². The molecule has 0 aliphatic heterocycles. The third-order valence-electron chi connectivity index (χ3n) is 3.25. The predicted octanol–water partition coefficient (Wildman–Crippen LogP) is 5.22. The Hall–Kier alpha value is -1.67. The van der Waals surface area contributed by atoms with Crippen molar-refractivity contribution in [3.8, 4) is 5.75 Å². The number of benzene rings is 2. The number of ether oxygens (including phenoxy) is 1. The monoisotopic (exact) mass is 289 g/mol. The van der Waals surface area contributed by atoms with E-state index in [0.29, 0.717) is 6.61 Å². The molecule has 0 aliphatic rings. The standard InChI is InChI=1S/C17H20ClNO/c1-4-20-16-9-10-17(12(2)11-16)19-13(3)14-5-7-15(18)8-6-14/h5-11,13,19H,4H2,1-3H3. The normalized spacial score (nSPS) is 12.0. The number of rotatable bonds is 5. The van der Waals surface area contributed by atoms with Crippen LogP contribution in [0.2, 0.25) is 5.02 Å². The van der Waals surface area contributed by atoms with Crippen molar-refractivity contribution in [2.24, 2.45) is 0 Å². The third-order valence-corrected chi connectivity index (χ3v) is 3.50. The van der Waals surface area contributed by atoms with E-state index in [1.807, 2.05) is 37.3 Å². The highest BCUT2D eigenvalue weighted by molar-refractivity contribution is 6.30. The largest absolute Gasteiger partial charge is 0.494 e. The van der Waals surface area contributed by atoms with Gasteiger partial charge in [-0.15, -0.1) is 0 Å². The summed E-state index contributed by atoms with van der Waals surface area (Å²) in [6.45, 7) is 6.90. The van der Waals surface area contributed by atoms with Gasteiger partial charge in [-0.25, -0.2) is 0 Å². The zero-order chi connectivity index (χ0) is 14.5. The summed E-state index contributed by atoms with van der Waals surface area (Å²) in [4.78, 5) is 0. The van der Waals surface area contributed by atoms with Gasteiger partial charge in [0.05, 0.1) is 6.61 Å². The van der Waals surface area contributed by atoms with Crippen LogP contribution >= 0.6 is 11.6 Å². The van der Waals surface area contributed by atoms with Crippen LogP contribution in [0.4, 0.5) is 5.69 Å². The molecule has 2 aromatic rings. The van der Waals surface area contributed by atoms with Crippen LogP contribution in [-0.2, 0) is 0 Å². The first kappa shape index (κ1) is 14.7. The number of anilines is 1. The number of nitrogens with one attached hydrogen (secondary N) is 1. The second kappa shape index (κ2) is 6.67. The molecule has 0 aliphatic carbocycles. The van der Waals surface area contributed by atoms with Gasteiger partial charge in [0.25, 0.3) is 0 Å². The second-order valence-corrected chi connectivity index (χ2v) is 5.26. The summed E-state index contributed by atoms with van der Waals surface area (Å²) in [5, 5.41) is 4.28. The first-order valence-electron chi connectivity index (χ1n) is 6.85. The minimum atomic E-state index is 0.226. The van der Waals surface area contributed by atoms with Gasteiger partial charge in [-0.3, -0.25) is 0 Å². The zero-order valence-electron chi connectivity index (χ0n) is 12.1. The number of aryl methyl sites for hydroxylation is 1. The maximum absolute atomic E-state index is 5.91. The zero-order valence-corrected chi connectivity index (χ0v) is 12.9. The molecule has 2 aromatic carbocycles. The van der Waals surface area contributed by atoms with Crippen LogP contribution < -0.4 is 10.1 Å². The van der Waals surface area contributed by atoms with Crippen molar-refractivity contribution in [1.82, 2.24) is 0 Å². The SMILES string of the molecule is CCOc1ccc(NC(C)c2ccc(Cl)cc2)c(C)c1. The fourth-order valence-electron chi connectivity index (χ4n) is 2.12. The number of hydrogen-bond acceptors (Lipinski definition) is 2. The quantitative estimate of drug-likeness (QED) is 0.815. The first-order chi connectivity index (χ1) is 9.60. The number of halogens is 1. The lowest BCUT2D eigenvalue weighted by molar-refractivity contribution is 0.340.